The Bertz CT molecular complexity index is 2090. The molecule has 0 aliphatic rings. The number of ketones is 4. The normalized spacial score (nSPS) is 12.9. The van der Waals surface area contributed by atoms with E-state index >= 15 is 0 Å². The Morgan fingerprint density at radius 1 is 0.536 bits per heavy atom. The predicted octanol–water partition coefficient (Wildman–Crippen LogP) is 2.41. The quantitative estimate of drug-likeness (QED) is 0.0328. The summed E-state index contributed by atoms with van der Waals surface area (Å²) < 4.78 is 9.98. The predicted molar refractivity (Wildman–Crippen MR) is 246 cm³/mol. The molecule has 2 rings (SSSR count). The smallest absolute Gasteiger partial charge is 0.306 e. The fraction of sp³-hybridized carbons (Fsp3) is 0.510. The molecular formula is C49H64N4O16. The summed E-state index contributed by atoms with van der Waals surface area (Å²) in [5, 5.41) is 28.2. The molecule has 69 heavy (non-hydrogen) atoms. The Labute approximate surface area is 400 Å². The second-order valence-electron chi connectivity index (χ2n) is 16.7. The number of aliphatic carboxylic acids is 2. The van der Waals surface area contributed by atoms with Crippen molar-refractivity contribution in [1.29, 1.82) is 0 Å². The van der Waals surface area contributed by atoms with E-state index in [2.05, 4.69) is 21.3 Å². The van der Waals surface area contributed by atoms with E-state index in [1.807, 2.05) is 0 Å². The first-order valence-electron chi connectivity index (χ1n) is 22.8. The van der Waals surface area contributed by atoms with Crippen molar-refractivity contribution in [3.8, 4) is 0 Å². The number of hydrogen-bond acceptors (Lipinski definition) is 14. The van der Waals surface area contributed by atoms with Crippen LogP contribution in [0.5, 0.6) is 0 Å². The number of carboxylic acids is 2. The van der Waals surface area contributed by atoms with E-state index in [0.29, 0.717) is 11.1 Å². The van der Waals surface area contributed by atoms with Crippen LogP contribution in [0.25, 0.3) is 0 Å². The molecule has 20 heteroatoms. The van der Waals surface area contributed by atoms with Crippen molar-refractivity contribution in [3.05, 3.63) is 71.8 Å². The van der Waals surface area contributed by atoms with Gasteiger partial charge in [0.1, 0.15) is 23.7 Å². The zero-order valence-electron chi connectivity index (χ0n) is 39.3. The molecule has 0 saturated carbocycles. The minimum absolute atomic E-state index is 0.0129. The fourth-order valence-electron chi connectivity index (χ4n) is 6.50. The maximum Gasteiger partial charge on any atom is 0.306 e. The van der Waals surface area contributed by atoms with E-state index in [1.54, 1.807) is 67.6 Å². The Hall–Kier alpha value is -7.12. The van der Waals surface area contributed by atoms with Gasteiger partial charge in [-0.3, -0.25) is 57.5 Å². The summed E-state index contributed by atoms with van der Waals surface area (Å²) in [5.74, 6) is -11.5. The fourth-order valence-corrected chi connectivity index (χ4v) is 6.50. The number of rotatable bonds is 35. The average molecular weight is 965 g/mol. The molecule has 20 nitrogen and oxygen atoms in total. The number of Topliss-reactive ketones (excluding diaryl/α,β-unsaturated/α-hetero) is 4. The molecule has 0 aliphatic heterocycles. The van der Waals surface area contributed by atoms with Crippen molar-refractivity contribution >= 4 is 70.6 Å². The average Bonchev–Trinajstić information content (AvgIpc) is 3.31. The number of hydrogen-bond donors (Lipinski definition) is 6. The highest BCUT2D eigenvalue weighted by molar-refractivity contribution is 6.01. The topological polar surface area (TPSA) is 312 Å². The summed E-state index contributed by atoms with van der Waals surface area (Å²) >= 11 is 0. The zero-order chi connectivity index (χ0) is 51.3. The first kappa shape index (κ1) is 58.0. The number of carbonyl (C=O) groups is 12. The summed E-state index contributed by atoms with van der Waals surface area (Å²) in [5.41, 5.74) is 1.31. The maximum absolute atomic E-state index is 14.0. The Kier molecular flexibility index (Phi) is 26.7. The molecule has 6 N–H and O–H groups in total. The monoisotopic (exact) mass is 964 g/mol. The Balaban J connectivity index is 2.14. The van der Waals surface area contributed by atoms with Crippen LogP contribution in [-0.4, -0.2) is 119 Å². The second kappa shape index (κ2) is 31.8. The van der Waals surface area contributed by atoms with Crippen molar-refractivity contribution in [2.75, 3.05) is 26.3 Å². The molecular weight excluding hydrogens is 901 g/mol. The van der Waals surface area contributed by atoms with Gasteiger partial charge in [0.2, 0.25) is 23.6 Å². The summed E-state index contributed by atoms with van der Waals surface area (Å²) in [4.78, 5) is 151. The molecule has 0 spiro atoms. The van der Waals surface area contributed by atoms with E-state index in [-0.39, 0.29) is 89.6 Å². The summed E-state index contributed by atoms with van der Waals surface area (Å²) in [7, 11) is 0. The van der Waals surface area contributed by atoms with Crippen LogP contribution < -0.4 is 21.3 Å². The van der Waals surface area contributed by atoms with Gasteiger partial charge in [-0.25, -0.2) is 0 Å². The number of benzene rings is 2. The van der Waals surface area contributed by atoms with Gasteiger partial charge in [0.05, 0.1) is 57.4 Å². The first-order valence-corrected chi connectivity index (χ1v) is 22.8. The van der Waals surface area contributed by atoms with E-state index in [9.17, 15) is 57.5 Å². The highest BCUT2D eigenvalue weighted by Crippen LogP contribution is 2.17. The molecule has 2 aromatic rings. The molecule has 0 heterocycles. The molecule has 0 aromatic heterocycles. The number of carbonyl (C=O) groups excluding carboxylic acids is 10. The number of nitrogens with one attached hydrogen (secondary N) is 4. The largest absolute Gasteiger partial charge is 0.481 e. The van der Waals surface area contributed by atoms with Gasteiger partial charge in [0.25, 0.3) is 0 Å². The number of ether oxygens (including phenoxy) is 2. The molecule has 0 radical (unpaired) electrons. The van der Waals surface area contributed by atoms with Crippen molar-refractivity contribution in [3.63, 3.8) is 0 Å². The molecule has 0 saturated heterocycles. The van der Waals surface area contributed by atoms with Gasteiger partial charge in [-0.2, -0.15) is 0 Å². The third kappa shape index (κ3) is 25.0. The van der Waals surface area contributed by atoms with Crippen molar-refractivity contribution in [1.82, 2.24) is 21.3 Å². The van der Waals surface area contributed by atoms with E-state index in [1.165, 1.54) is 13.8 Å². The summed E-state index contributed by atoms with van der Waals surface area (Å²) in [6, 6.07) is 14.8. The Morgan fingerprint density at radius 2 is 0.971 bits per heavy atom. The van der Waals surface area contributed by atoms with Crippen LogP contribution in [0.3, 0.4) is 0 Å². The molecule has 0 fully saturated rings. The summed E-state index contributed by atoms with van der Waals surface area (Å²) in [6.45, 7) is 3.16. The van der Waals surface area contributed by atoms with E-state index < -0.39 is 121 Å². The number of amides is 4. The van der Waals surface area contributed by atoms with Gasteiger partial charge in [0, 0.05) is 50.9 Å². The maximum atomic E-state index is 14.0. The van der Waals surface area contributed by atoms with Gasteiger partial charge in [-0.15, -0.1) is 0 Å². The molecule has 4 amide bonds. The zero-order valence-corrected chi connectivity index (χ0v) is 39.3. The van der Waals surface area contributed by atoms with Crippen LogP contribution in [0.1, 0.15) is 103 Å². The lowest BCUT2D eigenvalue weighted by atomic mass is 9.92. The summed E-state index contributed by atoms with van der Waals surface area (Å²) in [6.07, 6.45) is -2.10. The van der Waals surface area contributed by atoms with Gasteiger partial charge in [0.15, 0.2) is 11.6 Å². The van der Waals surface area contributed by atoms with Gasteiger partial charge >= 0.3 is 23.9 Å². The van der Waals surface area contributed by atoms with Crippen LogP contribution in [0.4, 0.5) is 0 Å². The second-order valence-corrected chi connectivity index (χ2v) is 16.7. The SMILES string of the molecule is CCC(=O)CC(=O)CC(CCC(=O)NC(Cc1ccccc1)C(=O)NCC(=O)CCCOC(=O)CC(C)C(=O)O)C(=O)NC(Cc1ccccc1)C(=O)NCC(=O)CCCOC(=O)CC(C)C(=O)O. The van der Waals surface area contributed by atoms with Gasteiger partial charge < -0.3 is 41.0 Å². The molecule has 2 aromatic carbocycles. The number of carboxylic acid groups (broad SMARTS) is 2. The number of esters is 2. The van der Waals surface area contributed by atoms with Gasteiger partial charge in [-0.05, 0) is 30.4 Å². The van der Waals surface area contributed by atoms with Gasteiger partial charge in [-0.1, -0.05) is 81.4 Å². The van der Waals surface area contributed by atoms with Crippen LogP contribution >= 0.6 is 0 Å². The highest BCUT2D eigenvalue weighted by Gasteiger charge is 2.30. The molecule has 0 bridgehead atoms. The third-order valence-electron chi connectivity index (χ3n) is 10.6. The molecule has 5 atom stereocenters. The van der Waals surface area contributed by atoms with Crippen LogP contribution in [0.15, 0.2) is 60.7 Å². The first-order chi connectivity index (χ1) is 32.8. The molecule has 0 aliphatic carbocycles. The standard InChI is InChI=1S/C49H64N4O16/c1-4-36(54)28-39(57)27-35(45(61)53-41(26-34-15-9-6-10-16-34)47(63)51-30-38(56)18-12-22-69-44(60)24-32(3)49(66)67)19-20-42(58)52-40(25-33-13-7-5-8-14-33)46(62)50-29-37(55)17-11-21-68-43(59)23-31(2)48(64)65/h5-10,13-16,31-32,35,40-41H,4,11-12,17-30H2,1-3H3,(H,50,62)(H,51,63)(H,52,58)(H,53,61)(H,64,65)(H,66,67). The third-order valence-corrected chi connectivity index (χ3v) is 10.6. The Morgan fingerprint density at radius 3 is 1.39 bits per heavy atom. The van der Waals surface area contributed by atoms with Crippen LogP contribution in [0.2, 0.25) is 0 Å². The van der Waals surface area contributed by atoms with Crippen molar-refractivity contribution < 1.29 is 77.2 Å². The van der Waals surface area contributed by atoms with Crippen LogP contribution in [-0.2, 0) is 79.8 Å². The van der Waals surface area contributed by atoms with E-state index in [0.717, 1.165) is 0 Å². The molecule has 376 valence electrons. The van der Waals surface area contributed by atoms with E-state index in [4.69, 9.17) is 19.7 Å². The van der Waals surface area contributed by atoms with Crippen molar-refractivity contribution in [2.45, 2.75) is 116 Å². The minimum Gasteiger partial charge on any atom is -0.481 e. The highest BCUT2D eigenvalue weighted by atomic mass is 16.5. The lowest BCUT2D eigenvalue weighted by molar-refractivity contribution is -0.151. The lowest BCUT2D eigenvalue weighted by Gasteiger charge is -2.23. The minimum atomic E-state index is -1.27. The van der Waals surface area contributed by atoms with Crippen molar-refractivity contribution in [2.24, 2.45) is 17.8 Å². The van der Waals surface area contributed by atoms with Crippen LogP contribution in [0, 0.1) is 17.8 Å². The molecule has 5 unspecified atom stereocenters. The lowest BCUT2D eigenvalue weighted by Crippen LogP contribution is -2.51.